The Kier molecular flexibility index (Phi) is 2.93. The van der Waals surface area contributed by atoms with E-state index in [0.29, 0.717) is 25.9 Å². The highest BCUT2D eigenvalue weighted by Crippen LogP contribution is 2.36. The van der Waals surface area contributed by atoms with Gasteiger partial charge in [-0.25, -0.2) is 8.78 Å². The second kappa shape index (κ2) is 4.52. The van der Waals surface area contributed by atoms with Crippen LogP contribution in [0.15, 0.2) is 6.07 Å². The summed E-state index contributed by atoms with van der Waals surface area (Å²) in [6.07, 6.45) is 0.371. The van der Waals surface area contributed by atoms with Crippen molar-refractivity contribution in [2.75, 3.05) is 23.3 Å². The van der Waals surface area contributed by atoms with Gasteiger partial charge in [-0.15, -0.1) is 0 Å². The van der Waals surface area contributed by atoms with Crippen LogP contribution in [0.3, 0.4) is 0 Å². The fourth-order valence-corrected chi connectivity index (χ4v) is 2.58. The number of halogens is 2. The van der Waals surface area contributed by atoms with Crippen molar-refractivity contribution in [3.8, 4) is 0 Å². The van der Waals surface area contributed by atoms with Crippen LogP contribution < -0.4 is 10.2 Å². The molecule has 0 aromatic heterocycles. The number of Topliss-reactive ketones (excluding diaryl/α,β-unsaturated/α-hetero) is 1. The zero-order valence-electron chi connectivity index (χ0n) is 10.4. The van der Waals surface area contributed by atoms with E-state index in [4.69, 9.17) is 0 Å². The first-order valence-electron chi connectivity index (χ1n) is 6.29. The van der Waals surface area contributed by atoms with E-state index >= 15 is 0 Å². The summed E-state index contributed by atoms with van der Waals surface area (Å²) in [6, 6.07) is 0.888. The van der Waals surface area contributed by atoms with Crippen molar-refractivity contribution in [2.24, 2.45) is 0 Å². The average molecular weight is 282 g/mol. The molecule has 2 heterocycles. The maximum atomic E-state index is 14.4. The molecule has 0 aliphatic carbocycles. The van der Waals surface area contributed by atoms with E-state index in [1.807, 2.05) is 0 Å². The lowest BCUT2D eigenvalue weighted by molar-refractivity contribution is -0.112. The number of nitrogens with one attached hydrogen (secondary N) is 1. The van der Waals surface area contributed by atoms with Crippen molar-refractivity contribution < 1.29 is 23.5 Å². The molecule has 5 nitrogen and oxygen atoms in total. The number of rotatable bonds is 1. The van der Waals surface area contributed by atoms with Crippen LogP contribution in [0.25, 0.3) is 0 Å². The summed E-state index contributed by atoms with van der Waals surface area (Å²) in [4.78, 5) is 24.1. The van der Waals surface area contributed by atoms with Crippen molar-refractivity contribution in [3.05, 3.63) is 23.3 Å². The third-order valence-electron chi connectivity index (χ3n) is 3.66. The molecule has 0 atom stereocenters. The molecule has 0 saturated carbocycles. The Bertz CT molecular complexity index is 610. The molecule has 2 aliphatic heterocycles. The number of fused-ring (bicyclic) bond motifs is 1. The first kappa shape index (κ1) is 13.0. The second-order valence-corrected chi connectivity index (χ2v) is 4.95. The second-order valence-electron chi connectivity index (χ2n) is 4.95. The van der Waals surface area contributed by atoms with Crippen molar-refractivity contribution >= 4 is 23.1 Å². The average Bonchev–Trinajstić information content (AvgIpc) is 2.69. The summed E-state index contributed by atoms with van der Waals surface area (Å²) >= 11 is 0. The summed E-state index contributed by atoms with van der Waals surface area (Å²) in [5.41, 5.74) is -0.793. The molecule has 20 heavy (non-hydrogen) atoms. The fourth-order valence-electron chi connectivity index (χ4n) is 2.58. The standard InChI is InChI=1S/C13H12F2N2O3/c14-8-5-7-10(16-13(20)12(7)19)9(15)11(8)17-3-1-6(18)2-4-17/h5-6,18H,1-4H2,(H,16,19,20). The van der Waals surface area contributed by atoms with Crippen LogP contribution in [0.5, 0.6) is 0 Å². The van der Waals surface area contributed by atoms with Gasteiger partial charge in [0.2, 0.25) is 0 Å². The Morgan fingerprint density at radius 1 is 1.25 bits per heavy atom. The molecule has 1 aromatic rings. The van der Waals surface area contributed by atoms with Crippen LogP contribution in [0.4, 0.5) is 20.2 Å². The molecule has 0 bridgehead atoms. The van der Waals surface area contributed by atoms with Gasteiger partial charge in [-0.3, -0.25) is 9.59 Å². The number of nitrogens with zero attached hydrogens (tertiary/aromatic N) is 1. The van der Waals surface area contributed by atoms with Crippen LogP contribution >= 0.6 is 0 Å². The van der Waals surface area contributed by atoms with Crippen molar-refractivity contribution in [1.29, 1.82) is 0 Å². The van der Waals surface area contributed by atoms with Crippen molar-refractivity contribution in [1.82, 2.24) is 0 Å². The van der Waals surface area contributed by atoms with Crippen LogP contribution in [0, 0.1) is 11.6 Å². The van der Waals surface area contributed by atoms with E-state index in [1.54, 1.807) is 0 Å². The lowest BCUT2D eigenvalue weighted by Crippen LogP contribution is -2.37. The molecule has 1 fully saturated rings. The number of anilines is 2. The van der Waals surface area contributed by atoms with Gasteiger partial charge in [0, 0.05) is 13.1 Å². The molecule has 106 valence electrons. The van der Waals surface area contributed by atoms with Gasteiger partial charge in [-0.1, -0.05) is 0 Å². The molecule has 1 amide bonds. The molecule has 2 N–H and O–H groups in total. The highest BCUT2D eigenvalue weighted by Gasteiger charge is 2.35. The molecule has 2 aliphatic rings. The molecular formula is C13H12F2N2O3. The number of hydrogen-bond donors (Lipinski definition) is 2. The van der Waals surface area contributed by atoms with E-state index in [0.717, 1.165) is 6.07 Å². The Morgan fingerprint density at radius 2 is 1.90 bits per heavy atom. The minimum absolute atomic E-state index is 0.259. The van der Waals surface area contributed by atoms with Crippen LogP contribution in [0.1, 0.15) is 23.2 Å². The number of carbonyl (C=O) groups excluding carboxylic acids is 2. The molecule has 0 radical (unpaired) electrons. The summed E-state index contributed by atoms with van der Waals surface area (Å²) in [6.45, 7) is 0.630. The zero-order valence-corrected chi connectivity index (χ0v) is 10.4. The maximum Gasteiger partial charge on any atom is 0.296 e. The lowest BCUT2D eigenvalue weighted by Gasteiger charge is -2.32. The highest BCUT2D eigenvalue weighted by molar-refractivity contribution is 6.51. The van der Waals surface area contributed by atoms with Crippen LogP contribution in [-0.4, -0.2) is 36.0 Å². The number of carbonyl (C=O) groups is 2. The molecule has 0 spiro atoms. The summed E-state index contributed by atoms with van der Waals surface area (Å²) < 4.78 is 28.4. The van der Waals surface area contributed by atoms with E-state index < -0.39 is 29.4 Å². The summed E-state index contributed by atoms with van der Waals surface area (Å²) in [7, 11) is 0. The maximum absolute atomic E-state index is 14.4. The molecular weight excluding hydrogens is 270 g/mol. The van der Waals surface area contributed by atoms with E-state index in [2.05, 4.69) is 5.32 Å². The normalized spacial score (nSPS) is 19.2. The molecule has 7 heteroatoms. The number of benzene rings is 1. The molecule has 0 unspecified atom stereocenters. The Labute approximate surface area is 113 Å². The number of hydrogen-bond acceptors (Lipinski definition) is 4. The van der Waals surface area contributed by atoms with E-state index in [-0.39, 0.29) is 16.9 Å². The van der Waals surface area contributed by atoms with Crippen molar-refractivity contribution in [3.63, 3.8) is 0 Å². The van der Waals surface area contributed by atoms with Gasteiger partial charge in [-0.2, -0.15) is 0 Å². The van der Waals surface area contributed by atoms with Crippen LogP contribution in [-0.2, 0) is 4.79 Å². The number of amides is 1. The van der Waals surface area contributed by atoms with Gasteiger partial charge in [0.15, 0.2) is 5.82 Å². The van der Waals surface area contributed by atoms with Gasteiger partial charge in [0.05, 0.1) is 17.4 Å². The van der Waals surface area contributed by atoms with E-state index in [1.165, 1.54) is 4.90 Å². The van der Waals surface area contributed by atoms with Crippen LogP contribution in [0.2, 0.25) is 0 Å². The third-order valence-corrected chi connectivity index (χ3v) is 3.66. The van der Waals surface area contributed by atoms with Gasteiger partial charge >= 0.3 is 0 Å². The van der Waals surface area contributed by atoms with Gasteiger partial charge in [-0.05, 0) is 18.9 Å². The quantitative estimate of drug-likeness (QED) is 0.756. The zero-order chi connectivity index (χ0) is 14.4. The highest BCUT2D eigenvalue weighted by atomic mass is 19.1. The number of aliphatic hydroxyl groups excluding tert-OH is 1. The number of piperidine rings is 1. The van der Waals surface area contributed by atoms with E-state index in [9.17, 15) is 23.5 Å². The lowest BCUT2D eigenvalue weighted by atomic mass is 10.0. The topological polar surface area (TPSA) is 69.6 Å². The monoisotopic (exact) mass is 282 g/mol. The largest absolute Gasteiger partial charge is 0.393 e. The minimum Gasteiger partial charge on any atom is -0.393 e. The smallest absolute Gasteiger partial charge is 0.296 e. The SMILES string of the molecule is O=C1Nc2c(cc(F)c(N3CCC(O)CC3)c2F)C1=O. The van der Waals surface area contributed by atoms with Gasteiger partial charge in [0.25, 0.3) is 11.7 Å². The molecule has 1 saturated heterocycles. The summed E-state index contributed by atoms with van der Waals surface area (Å²) in [5, 5.41) is 11.5. The Balaban J connectivity index is 2.03. The first-order valence-corrected chi connectivity index (χ1v) is 6.29. The van der Waals surface area contributed by atoms with Gasteiger partial charge < -0.3 is 15.3 Å². The van der Waals surface area contributed by atoms with Crippen molar-refractivity contribution in [2.45, 2.75) is 18.9 Å². The predicted octanol–water partition coefficient (Wildman–Crippen LogP) is 1.06. The number of ketones is 1. The molecule has 3 rings (SSSR count). The predicted molar refractivity (Wildman–Crippen MR) is 66.8 cm³/mol. The Hall–Kier alpha value is -2.02. The number of aliphatic hydroxyl groups is 1. The first-order chi connectivity index (χ1) is 9.49. The Morgan fingerprint density at radius 3 is 2.55 bits per heavy atom. The third kappa shape index (κ3) is 1.85. The summed E-state index contributed by atoms with van der Waals surface area (Å²) in [5.74, 6) is -3.69. The fraction of sp³-hybridized carbons (Fsp3) is 0.385. The van der Waals surface area contributed by atoms with Gasteiger partial charge in [0.1, 0.15) is 11.5 Å². The minimum atomic E-state index is -0.954. The molecule has 1 aromatic carbocycles.